The number of piperidine rings is 1. The highest BCUT2D eigenvalue weighted by Gasteiger charge is 2.17. The van der Waals surface area contributed by atoms with Crippen LogP contribution in [0.1, 0.15) is 12.8 Å². The predicted molar refractivity (Wildman–Crippen MR) is 69.6 cm³/mol. The van der Waals surface area contributed by atoms with Gasteiger partial charge in [-0.2, -0.15) is 0 Å². The van der Waals surface area contributed by atoms with Crippen molar-refractivity contribution in [2.45, 2.75) is 18.9 Å². The largest absolute Gasteiger partial charge is 0.412 e. The van der Waals surface area contributed by atoms with Crippen molar-refractivity contribution >= 4 is 30.8 Å². The van der Waals surface area contributed by atoms with E-state index < -0.39 is 0 Å². The van der Waals surface area contributed by atoms with Gasteiger partial charge in [-0.15, -0.1) is 24.8 Å². The quantitative estimate of drug-likeness (QED) is 0.800. The van der Waals surface area contributed by atoms with E-state index in [1.165, 1.54) is 0 Å². The van der Waals surface area contributed by atoms with E-state index >= 15 is 0 Å². The van der Waals surface area contributed by atoms with Crippen LogP contribution in [-0.4, -0.2) is 34.6 Å². The average Bonchev–Trinajstić information content (AvgIpc) is 2.19. The molecule has 1 fully saturated rings. The molecule has 1 aromatic heterocycles. The van der Waals surface area contributed by atoms with Crippen molar-refractivity contribution < 1.29 is 5.48 Å². The van der Waals surface area contributed by atoms with Crippen molar-refractivity contribution in [2.24, 2.45) is 5.73 Å². The molecule has 5 nitrogen and oxygen atoms in total. The average molecular weight is 269 g/mol. The number of hydrogen-bond acceptors (Lipinski definition) is 4. The molecule has 0 amide bonds. The minimum absolute atomic E-state index is 0. The molecule has 1 aromatic rings. The second kappa shape index (κ2) is 8.52. The molecule has 94 valence electrons. The van der Waals surface area contributed by atoms with E-state index in [4.69, 9.17) is 5.73 Å². The van der Waals surface area contributed by atoms with Crippen LogP contribution >= 0.6 is 24.8 Å². The van der Waals surface area contributed by atoms with Crippen molar-refractivity contribution in [3.8, 4) is 0 Å². The fraction of sp³-hybridized carbons (Fsp3) is 0.556. The van der Waals surface area contributed by atoms with Gasteiger partial charge in [0.2, 0.25) is 5.95 Å². The zero-order valence-corrected chi connectivity index (χ0v) is 10.5. The summed E-state index contributed by atoms with van der Waals surface area (Å²) in [6.07, 6.45) is 5.79. The van der Waals surface area contributed by atoms with Crippen molar-refractivity contribution in [2.75, 3.05) is 18.0 Å². The highest BCUT2D eigenvalue weighted by molar-refractivity contribution is 5.85. The third-order valence-corrected chi connectivity index (χ3v) is 2.29. The fourth-order valence-corrected chi connectivity index (χ4v) is 1.65. The molecule has 0 radical (unpaired) electrons. The number of nitrogens with two attached hydrogens (primary N) is 1. The molecule has 0 aliphatic carbocycles. The van der Waals surface area contributed by atoms with E-state index in [9.17, 15) is 0 Å². The Morgan fingerprint density at radius 1 is 1.25 bits per heavy atom. The first-order valence-electron chi connectivity index (χ1n) is 4.64. The zero-order valence-electron chi connectivity index (χ0n) is 8.87. The summed E-state index contributed by atoms with van der Waals surface area (Å²) in [5, 5.41) is 0. The Hall–Kier alpha value is -0.620. The number of aromatic nitrogens is 2. The van der Waals surface area contributed by atoms with Crippen molar-refractivity contribution in [1.29, 1.82) is 0 Å². The van der Waals surface area contributed by atoms with Gasteiger partial charge in [-0.3, -0.25) is 0 Å². The van der Waals surface area contributed by atoms with Gasteiger partial charge >= 0.3 is 0 Å². The Kier molecular flexibility index (Phi) is 9.46. The third-order valence-electron chi connectivity index (χ3n) is 2.29. The molecule has 1 aliphatic heterocycles. The minimum Gasteiger partial charge on any atom is -0.412 e. The van der Waals surface area contributed by atoms with E-state index in [-0.39, 0.29) is 36.3 Å². The Labute approximate surface area is 108 Å². The second-order valence-electron chi connectivity index (χ2n) is 3.40. The zero-order chi connectivity index (χ0) is 9.10. The summed E-state index contributed by atoms with van der Waals surface area (Å²) in [7, 11) is 0. The van der Waals surface area contributed by atoms with Gasteiger partial charge in [0.1, 0.15) is 0 Å². The standard InChI is InChI=1S/C9H14N4.2ClH.H2O/c10-8-3-1-6-13(7-8)9-11-4-2-5-12-9;;;/h2,4-5,8H,1,3,6-7,10H2;2*1H;1H2. The third kappa shape index (κ3) is 4.49. The van der Waals surface area contributed by atoms with Gasteiger partial charge < -0.3 is 16.1 Å². The maximum absolute atomic E-state index is 5.87. The molecule has 2 rings (SSSR count). The van der Waals surface area contributed by atoms with Crippen LogP contribution in [0.15, 0.2) is 18.5 Å². The number of halogens is 2. The molecule has 0 aromatic carbocycles. The topological polar surface area (TPSA) is 86.5 Å². The van der Waals surface area contributed by atoms with E-state index in [1.807, 2.05) is 6.07 Å². The maximum atomic E-state index is 5.87. The first-order valence-corrected chi connectivity index (χ1v) is 4.64. The highest BCUT2D eigenvalue weighted by atomic mass is 35.5. The molecule has 1 atom stereocenters. The van der Waals surface area contributed by atoms with Gasteiger partial charge in [-0.1, -0.05) is 0 Å². The molecular weight excluding hydrogens is 251 g/mol. The molecule has 2 heterocycles. The monoisotopic (exact) mass is 268 g/mol. The van der Waals surface area contributed by atoms with Crippen LogP contribution in [-0.2, 0) is 0 Å². The number of nitrogens with zero attached hydrogens (tertiary/aromatic N) is 3. The fourth-order valence-electron chi connectivity index (χ4n) is 1.65. The Bertz CT molecular complexity index is 275. The summed E-state index contributed by atoms with van der Waals surface area (Å²) in [6.45, 7) is 1.90. The summed E-state index contributed by atoms with van der Waals surface area (Å²) in [6, 6.07) is 2.10. The molecule has 0 bridgehead atoms. The van der Waals surface area contributed by atoms with Gasteiger partial charge in [-0.05, 0) is 18.9 Å². The molecule has 0 saturated carbocycles. The molecule has 1 unspecified atom stereocenters. The van der Waals surface area contributed by atoms with E-state index in [0.29, 0.717) is 0 Å². The first-order chi connectivity index (χ1) is 6.36. The maximum Gasteiger partial charge on any atom is 0.225 e. The summed E-state index contributed by atoms with van der Waals surface area (Å²) < 4.78 is 0. The summed E-state index contributed by atoms with van der Waals surface area (Å²) in [4.78, 5) is 10.5. The summed E-state index contributed by atoms with van der Waals surface area (Å²) in [5.41, 5.74) is 5.87. The van der Waals surface area contributed by atoms with Crippen LogP contribution in [0.3, 0.4) is 0 Å². The SMILES string of the molecule is Cl.Cl.NC1CCCN(c2ncccn2)C1.O. The van der Waals surface area contributed by atoms with Gasteiger partial charge in [0, 0.05) is 31.5 Å². The van der Waals surface area contributed by atoms with Crippen LogP contribution in [0.2, 0.25) is 0 Å². The Morgan fingerprint density at radius 3 is 2.44 bits per heavy atom. The normalized spacial score (nSPS) is 18.8. The lowest BCUT2D eigenvalue weighted by molar-refractivity contribution is 0.500. The Morgan fingerprint density at radius 2 is 1.88 bits per heavy atom. The lowest BCUT2D eigenvalue weighted by atomic mass is 10.1. The molecule has 4 N–H and O–H groups in total. The molecule has 7 heteroatoms. The van der Waals surface area contributed by atoms with Crippen LogP contribution in [0.4, 0.5) is 5.95 Å². The lowest BCUT2D eigenvalue weighted by Crippen LogP contribution is -2.43. The smallest absolute Gasteiger partial charge is 0.225 e. The van der Waals surface area contributed by atoms with Gasteiger partial charge in [0.05, 0.1) is 0 Å². The van der Waals surface area contributed by atoms with Gasteiger partial charge in [0.15, 0.2) is 0 Å². The van der Waals surface area contributed by atoms with E-state index in [0.717, 1.165) is 31.9 Å². The van der Waals surface area contributed by atoms with Gasteiger partial charge in [0.25, 0.3) is 0 Å². The highest BCUT2D eigenvalue weighted by Crippen LogP contribution is 2.13. The summed E-state index contributed by atoms with van der Waals surface area (Å²) >= 11 is 0. The number of hydrogen-bond donors (Lipinski definition) is 1. The first kappa shape index (κ1) is 17.8. The second-order valence-corrected chi connectivity index (χ2v) is 3.40. The van der Waals surface area contributed by atoms with E-state index in [2.05, 4.69) is 14.9 Å². The Balaban J connectivity index is 0. The van der Waals surface area contributed by atoms with Crippen molar-refractivity contribution in [3.05, 3.63) is 18.5 Å². The van der Waals surface area contributed by atoms with Crippen molar-refractivity contribution in [3.63, 3.8) is 0 Å². The van der Waals surface area contributed by atoms with Crippen LogP contribution < -0.4 is 10.6 Å². The molecule has 0 spiro atoms. The molecule has 1 saturated heterocycles. The number of anilines is 1. The predicted octanol–water partition coefficient (Wildman–Crippen LogP) is 0.423. The van der Waals surface area contributed by atoms with E-state index in [1.54, 1.807) is 12.4 Å². The van der Waals surface area contributed by atoms with Crippen molar-refractivity contribution in [1.82, 2.24) is 9.97 Å². The molecule has 1 aliphatic rings. The number of rotatable bonds is 1. The molecular formula is C9H18Cl2N4O. The minimum atomic E-state index is 0. The van der Waals surface area contributed by atoms with Gasteiger partial charge in [-0.25, -0.2) is 9.97 Å². The van der Waals surface area contributed by atoms with Crippen LogP contribution in [0.5, 0.6) is 0 Å². The molecule has 16 heavy (non-hydrogen) atoms. The van der Waals surface area contributed by atoms with Crippen LogP contribution in [0, 0.1) is 0 Å². The summed E-state index contributed by atoms with van der Waals surface area (Å²) in [5.74, 6) is 0.803. The van der Waals surface area contributed by atoms with Crippen LogP contribution in [0.25, 0.3) is 0 Å². The lowest BCUT2D eigenvalue weighted by Gasteiger charge is -2.30.